The zero-order valence-electron chi connectivity index (χ0n) is 20.7. The first-order valence-electron chi connectivity index (χ1n) is 12.4. The number of amides is 1. The van der Waals surface area contributed by atoms with Gasteiger partial charge in [0.1, 0.15) is 5.58 Å². The van der Waals surface area contributed by atoms with Gasteiger partial charge in [0.05, 0.1) is 12.7 Å². The number of esters is 1. The summed E-state index contributed by atoms with van der Waals surface area (Å²) in [7, 11) is 0. The molecular formula is C31H26N2O4. The molecule has 0 aliphatic rings. The van der Waals surface area contributed by atoms with Crippen LogP contribution in [0, 0.1) is 0 Å². The fourth-order valence-corrected chi connectivity index (χ4v) is 5.17. The lowest BCUT2D eigenvalue weighted by Gasteiger charge is -2.14. The highest BCUT2D eigenvalue weighted by molar-refractivity contribution is 6.10. The molecule has 1 amide bonds. The molecule has 184 valence electrons. The molecule has 1 N–H and O–H groups in total. The molecule has 0 saturated carbocycles. The van der Waals surface area contributed by atoms with Crippen molar-refractivity contribution in [1.82, 2.24) is 4.57 Å². The molecule has 0 spiro atoms. The van der Waals surface area contributed by atoms with Crippen molar-refractivity contribution in [2.45, 2.75) is 32.9 Å². The summed E-state index contributed by atoms with van der Waals surface area (Å²) in [6.45, 7) is 4.55. The number of hydrogen-bond donors (Lipinski definition) is 1. The highest BCUT2D eigenvalue weighted by atomic mass is 16.5. The van der Waals surface area contributed by atoms with Crippen molar-refractivity contribution >= 4 is 61.1 Å². The van der Waals surface area contributed by atoms with Gasteiger partial charge in [-0.1, -0.05) is 48.5 Å². The van der Waals surface area contributed by atoms with E-state index < -0.39 is 12.1 Å². The second-order valence-corrected chi connectivity index (χ2v) is 9.21. The third-order valence-electron chi connectivity index (χ3n) is 6.91. The third-order valence-corrected chi connectivity index (χ3v) is 6.91. The van der Waals surface area contributed by atoms with Crippen LogP contribution in [0.25, 0.3) is 43.5 Å². The predicted octanol–water partition coefficient (Wildman–Crippen LogP) is 6.83. The second-order valence-electron chi connectivity index (χ2n) is 9.21. The Bertz CT molecular complexity index is 1810. The zero-order chi connectivity index (χ0) is 25.5. The minimum absolute atomic E-state index is 0.0150. The molecule has 0 unspecified atom stereocenters. The molecule has 6 heteroatoms. The molecule has 2 aromatic heterocycles. The van der Waals surface area contributed by atoms with Crippen LogP contribution in [0.2, 0.25) is 0 Å². The van der Waals surface area contributed by atoms with E-state index >= 15 is 0 Å². The first-order valence-corrected chi connectivity index (χ1v) is 12.4. The van der Waals surface area contributed by atoms with Crippen LogP contribution < -0.4 is 5.32 Å². The summed E-state index contributed by atoms with van der Waals surface area (Å²) in [4.78, 5) is 25.7. The Morgan fingerprint density at radius 3 is 2.51 bits per heavy atom. The molecule has 6 aromatic rings. The molecule has 6 nitrogen and oxygen atoms in total. The fraction of sp³-hybridized carbons (Fsp3) is 0.161. The molecular weight excluding hydrogens is 464 g/mol. The van der Waals surface area contributed by atoms with Gasteiger partial charge in [0.25, 0.3) is 5.91 Å². The number of furan rings is 1. The van der Waals surface area contributed by atoms with Gasteiger partial charge in [-0.15, -0.1) is 0 Å². The second kappa shape index (κ2) is 9.13. The van der Waals surface area contributed by atoms with Crippen LogP contribution in [0.3, 0.4) is 0 Å². The molecule has 4 aromatic carbocycles. The molecule has 1 atom stereocenters. The van der Waals surface area contributed by atoms with E-state index in [0.717, 1.165) is 50.1 Å². The topological polar surface area (TPSA) is 73.5 Å². The summed E-state index contributed by atoms with van der Waals surface area (Å²) >= 11 is 0. The monoisotopic (exact) mass is 490 g/mol. The first-order chi connectivity index (χ1) is 18.0. The first kappa shape index (κ1) is 22.9. The fourth-order valence-electron chi connectivity index (χ4n) is 5.17. The van der Waals surface area contributed by atoms with Crippen LogP contribution in [-0.4, -0.2) is 22.5 Å². The molecule has 0 radical (unpaired) electrons. The summed E-state index contributed by atoms with van der Waals surface area (Å²) in [5, 5.41) is 8.08. The highest BCUT2D eigenvalue weighted by Gasteiger charge is 2.21. The maximum Gasteiger partial charge on any atom is 0.311 e. The van der Waals surface area contributed by atoms with E-state index in [1.807, 2.05) is 66.7 Å². The Labute approximate surface area is 213 Å². The van der Waals surface area contributed by atoms with E-state index in [-0.39, 0.29) is 12.3 Å². The van der Waals surface area contributed by atoms with Crippen molar-refractivity contribution in [3.05, 3.63) is 90.7 Å². The minimum atomic E-state index is -0.949. The quantitative estimate of drug-likeness (QED) is 0.260. The molecule has 0 aliphatic heterocycles. The Morgan fingerprint density at radius 2 is 1.68 bits per heavy atom. The van der Waals surface area contributed by atoms with E-state index in [0.29, 0.717) is 11.3 Å². The largest absolute Gasteiger partial charge is 0.464 e. The number of nitrogens with zero attached hydrogens (tertiary/aromatic N) is 1. The molecule has 37 heavy (non-hydrogen) atoms. The van der Waals surface area contributed by atoms with Gasteiger partial charge in [0, 0.05) is 45.0 Å². The van der Waals surface area contributed by atoms with E-state index in [4.69, 9.17) is 9.15 Å². The number of aryl methyl sites for hydroxylation is 1. The minimum Gasteiger partial charge on any atom is -0.464 e. The van der Waals surface area contributed by atoms with Crippen LogP contribution in [0.4, 0.5) is 5.69 Å². The van der Waals surface area contributed by atoms with Gasteiger partial charge in [-0.05, 0) is 55.0 Å². The number of anilines is 1. The van der Waals surface area contributed by atoms with Crippen LogP contribution >= 0.6 is 0 Å². The Balaban J connectivity index is 1.18. The molecule has 6 rings (SSSR count). The summed E-state index contributed by atoms with van der Waals surface area (Å²) in [6, 6.07) is 25.9. The number of fused-ring (bicyclic) bond motifs is 6. The molecule has 0 fully saturated rings. The van der Waals surface area contributed by atoms with Crippen molar-refractivity contribution < 1.29 is 18.7 Å². The lowest BCUT2D eigenvalue weighted by molar-refractivity contribution is -0.152. The van der Waals surface area contributed by atoms with Crippen molar-refractivity contribution in [3.8, 4) is 0 Å². The van der Waals surface area contributed by atoms with Crippen LogP contribution in [0.15, 0.2) is 89.5 Å². The van der Waals surface area contributed by atoms with Crippen molar-refractivity contribution in [2.75, 3.05) is 5.32 Å². The summed E-state index contributed by atoms with van der Waals surface area (Å²) in [5.74, 6) is -0.866. The molecule has 2 heterocycles. The SMILES string of the molecule is CCn1c2ccccc2c2cc(NC(=O)[C@@H](C)OC(=O)Cc3coc4ccc5ccccc5c34)ccc21. The number of rotatable bonds is 6. The van der Waals surface area contributed by atoms with Crippen molar-refractivity contribution in [1.29, 1.82) is 0 Å². The maximum absolute atomic E-state index is 12.9. The lowest BCUT2D eigenvalue weighted by atomic mass is 10.0. The Morgan fingerprint density at radius 1 is 0.919 bits per heavy atom. The van der Waals surface area contributed by atoms with E-state index in [9.17, 15) is 9.59 Å². The number of nitrogens with one attached hydrogen (secondary N) is 1. The van der Waals surface area contributed by atoms with Crippen molar-refractivity contribution in [3.63, 3.8) is 0 Å². The number of para-hydroxylation sites is 1. The van der Waals surface area contributed by atoms with Crippen LogP contribution in [-0.2, 0) is 27.3 Å². The highest BCUT2D eigenvalue weighted by Crippen LogP contribution is 2.32. The number of benzene rings is 4. The number of hydrogen-bond acceptors (Lipinski definition) is 4. The van der Waals surface area contributed by atoms with E-state index in [2.05, 4.69) is 28.9 Å². The number of carbonyl (C=O) groups excluding carboxylic acids is 2. The standard InChI is InChI=1S/C31H26N2O4/c1-3-33-26-11-7-6-10-24(26)25-17-22(13-14-27(25)33)32-31(35)19(2)37-29(34)16-21-18-36-28-15-12-20-8-4-5-9-23(20)30(21)28/h4-15,17-19H,3,16H2,1-2H3,(H,32,35)/t19-/m1/s1. The number of aromatic nitrogens is 1. The summed E-state index contributed by atoms with van der Waals surface area (Å²) < 4.78 is 13.4. The van der Waals surface area contributed by atoms with Gasteiger partial charge in [-0.2, -0.15) is 0 Å². The van der Waals surface area contributed by atoms with Gasteiger partial charge >= 0.3 is 5.97 Å². The predicted molar refractivity (Wildman–Crippen MR) is 147 cm³/mol. The van der Waals surface area contributed by atoms with Gasteiger partial charge in [-0.3, -0.25) is 9.59 Å². The molecule has 0 bridgehead atoms. The maximum atomic E-state index is 12.9. The van der Waals surface area contributed by atoms with Gasteiger partial charge < -0.3 is 19.0 Å². The van der Waals surface area contributed by atoms with Crippen LogP contribution in [0.5, 0.6) is 0 Å². The third kappa shape index (κ3) is 4.00. The van der Waals surface area contributed by atoms with E-state index in [1.54, 1.807) is 13.2 Å². The summed E-state index contributed by atoms with van der Waals surface area (Å²) in [5.41, 5.74) is 4.38. The Kier molecular flexibility index (Phi) is 5.64. The van der Waals surface area contributed by atoms with Gasteiger partial charge in [0.15, 0.2) is 6.10 Å². The van der Waals surface area contributed by atoms with E-state index in [1.165, 1.54) is 0 Å². The van der Waals surface area contributed by atoms with Gasteiger partial charge in [-0.25, -0.2) is 0 Å². The molecule has 0 saturated heterocycles. The summed E-state index contributed by atoms with van der Waals surface area (Å²) in [6.07, 6.45) is 0.654. The average molecular weight is 491 g/mol. The van der Waals surface area contributed by atoms with Crippen LogP contribution in [0.1, 0.15) is 19.4 Å². The average Bonchev–Trinajstić information content (AvgIpc) is 3.47. The lowest BCUT2D eigenvalue weighted by Crippen LogP contribution is -2.30. The van der Waals surface area contributed by atoms with Gasteiger partial charge in [0.2, 0.25) is 0 Å². The number of carbonyl (C=O) groups is 2. The van der Waals surface area contributed by atoms with Crippen molar-refractivity contribution in [2.24, 2.45) is 0 Å². The normalized spacial score (nSPS) is 12.4. The molecule has 0 aliphatic carbocycles. The zero-order valence-corrected chi connectivity index (χ0v) is 20.7. The number of ether oxygens (including phenoxy) is 1. The smallest absolute Gasteiger partial charge is 0.311 e. The Hall–Kier alpha value is -4.58.